The third-order valence-electron chi connectivity index (χ3n) is 2.33. The summed E-state index contributed by atoms with van der Waals surface area (Å²) in [6.45, 7) is 1.73. The molecule has 2 amide bonds. The fourth-order valence-corrected chi connectivity index (χ4v) is 2.54. The standard InChI is InChI=1S/C12H15ClN2O4S/c1-7(6-20(2)19)14-12(18)15-10-4-3-8(11(16)17)5-9(10)13/h3-5,7H,6H2,1-2H3,(H,16,17)(H2,14,15,18). The van der Waals surface area contributed by atoms with E-state index < -0.39 is 22.8 Å². The highest BCUT2D eigenvalue weighted by molar-refractivity contribution is 7.84. The predicted octanol–water partition coefficient (Wildman–Crippen LogP) is 1.93. The fourth-order valence-electron chi connectivity index (χ4n) is 1.53. The highest BCUT2D eigenvalue weighted by Crippen LogP contribution is 2.22. The molecule has 1 rings (SSSR count). The maximum atomic E-state index is 11.7. The minimum atomic E-state index is -1.10. The largest absolute Gasteiger partial charge is 0.478 e. The molecule has 0 saturated carbocycles. The normalized spacial score (nSPS) is 13.3. The molecule has 0 aliphatic heterocycles. The van der Waals surface area contributed by atoms with Gasteiger partial charge in [0, 0.05) is 28.9 Å². The topological polar surface area (TPSA) is 95.5 Å². The molecule has 0 radical (unpaired) electrons. The number of urea groups is 1. The summed E-state index contributed by atoms with van der Waals surface area (Å²) >= 11 is 5.88. The van der Waals surface area contributed by atoms with Crippen molar-refractivity contribution in [3.05, 3.63) is 28.8 Å². The Morgan fingerprint density at radius 2 is 2.10 bits per heavy atom. The van der Waals surface area contributed by atoms with Gasteiger partial charge in [-0.3, -0.25) is 4.21 Å². The van der Waals surface area contributed by atoms with E-state index in [9.17, 15) is 13.8 Å². The van der Waals surface area contributed by atoms with Gasteiger partial charge in [-0.15, -0.1) is 0 Å². The summed E-state index contributed by atoms with van der Waals surface area (Å²) in [5, 5.41) is 14.0. The lowest BCUT2D eigenvalue weighted by Gasteiger charge is -2.14. The number of carboxylic acid groups (broad SMARTS) is 1. The summed E-state index contributed by atoms with van der Waals surface area (Å²) in [7, 11) is -1.01. The van der Waals surface area contributed by atoms with Crippen LogP contribution in [0.2, 0.25) is 5.02 Å². The van der Waals surface area contributed by atoms with Crippen LogP contribution in [0.15, 0.2) is 18.2 Å². The highest BCUT2D eigenvalue weighted by Gasteiger charge is 2.12. The van der Waals surface area contributed by atoms with E-state index in [4.69, 9.17) is 16.7 Å². The van der Waals surface area contributed by atoms with E-state index in [1.807, 2.05) is 0 Å². The monoisotopic (exact) mass is 318 g/mol. The lowest BCUT2D eigenvalue weighted by Crippen LogP contribution is -2.39. The van der Waals surface area contributed by atoms with Gasteiger partial charge in [0.05, 0.1) is 16.3 Å². The Morgan fingerprint density at radius 1 is 1.45 bits per heavy atom. The van der Waals surface area contributed by atoms with Crippen LogP contribution in [-0.2, 0) is 10.8 Å². The molecule has 3 N–H and O–H groups in total. The van der Waals surface area contributed by atoms with Gasteiger partial charge in [0.1, 0.15) is 0 Å². The maximum Gasteiger partial charge on any atom is 0.335 e. The number of rotatable bonds is 5. The van der Waals surface area contributed by atoms with Gasteiger partial charge in [-0.1, -0.05) is 11.6 Å². The Morgan fingerprint density at radius 3 is 2.60 bits per heavy atom. The zero-order valence-corrected chi connectivity index (χ0v) is 12.5. The molecule has 20 heavy (non-hydrogen) atoms. The number of hydrogen-bond acceptors (Lipinski definition) is 3. The molecule has 2 atom stereocenters. The summed E-state index contributed by atoms with van der Waals surface area (Å²) in [4.78, 5) is 22.4. The summed E-state index contributed by atoms with van der Waals surface area (Å²) in [5.74, 6) is -0.749. The molecule has 0 bridgehead atoms. The molecular weight excluding hydrogens is 304 g/mol. The van der Waals surface area contributed by atoms with Crippen LogP contribution in [0.25, 0.3) is 0 Å². The highest BCUT2D eigenvalue weighted by atomic mass is 35.5. The van der Waals surface area contributed by atoms with Crippen LogP contribution >= 0.6 is 11.6 Å². The van der Waals surface area contributed by atoms with Crippen LogP contribution in [0.1, 0.15) is 17.3 Å². The second kappa shape index (κ2) is 7.25. The number of aromatic carboxylic acids is 1. The van der Waals surface area contributed by atoms with Crippen molar-refractivity contribution in [2.45, 2.75) is 13.0 Å². The van der Waals surface area contributed by atoms with Crippen LogP contribution in [-0.4, -0.2) is 39.4 Å². The molecule has 0 aromatic heterocycles. The number of nitrogens with one attached hydrogen (secondary N) is 2. The van der Waals surface area contributed by atoms with Crippen molar-refractivity contribution in [1.29, 1.82) is 0 Å². The van der Waals surface area contributed by atoms with E-state index in [-0.39, 0.29) is 16.6 Å². The van der Waals surface area contributed by atoms with Gasteiger partial charge >= 0.3 is 12.0 Å². The first-order chi connectivity index (χ1) is 9.29. The van der Waals surface area contributed by atoms with Crippen molar-refractivity contribution < 1.29 is 18.9 Å². The number of amides is 2. The smallest absolute Gasteiger partial charge is 0.335 e. The number of carboxylic acids is 1. The van der Waals surface area contributed by atoms with Gasteiger partial charge in [-0.05, 0) is 25.1 Å². The molecule has 0 aliphatic carbocycles. The zero-order chi connectivity index (χ0) is 15.3. The summed E-state index contributed by atoms with van der Waals surface area (Å²) in [6, 6.07) is 3.26. The van der Waals surface area contributed by atoms with Gasteiger partial charge in [0.2, 0.25) is 0 Å². The molecule has 8 heteroatoms. The minimum Gasteiger partial charge on any atom is -0.478 e. The predicted molar refractivity (Wildman–Crippen MR) is 79.0 cm³/mol. The lowest BCUT2D eigenvalue weighted by atomic mass is 10.2. The van der Waals surface area contributed by atoms with Gasteiger partial charge < -0.3 is 15.7 Å². The fraction of sp³-hybridized carbons (Fsp3) is 0.333. The van der Waals surface area contributed by atoms with Crippen molar-refractivity contribution in [1.82, 2.24) is 5.32 Å². The van der Waals surface area contributed by atoms with Gasteiger partial charge in [0.25, 0.3) is 0 Å². The van der Waals surface area contributed by atoms with E-state index in [1.165, 1.54) is 18.2 Å². The number of benzene rings is 1. The number of carbonyl (C=O) groups is 2. The average molecular weight is 319 g/mol. The molecular formula is C12H15ClN2O4S. The van der Waals surface area contributed by atoms with E-state index >= 15 is 0 Å². The third-order valence-corrected chi connectivity index (χ3v) is 3.61. The molecule has 0 aliphatic rings. The van der Waals surface area contributed by atoms with Gasteiger partial charge in [-0.25, -0.2) is 9.59 Å². The van der Waals surface area contributed by atoms with Crippen molar-refractivity contribution in [3.63, 3.8) is 0 Å². The van der Waals surface area contributed by atoms with Gasteiger partial charge in [0.15, 0.2) is 0 Å². The van der Waals surface area contributed by atoms with Crippen LogP contribution in [0.4, 0.5) is 10.5 Å². The molecule has 0 spiro atoms. The lowest BCUT2D eigenvalue weighted by molar-refractivity contribution is 0.0697. The van der Waals surface area contributed by atoms with Crippen molar-refractivity contribution in [2.75, 3.05) is 17.3 Å². The molecule has 1 aromatic carbocycles. The summed E-state index contributed by atoms with van der Waals surface area (Å²) < 4.78 is 11.0. The van der Waals surface area contributed by atoms with Crippen LogP contribution in [0, 0.1) is 0 Å². The molecule has 1 aromatic rings. The van der Waals surface area contributed by atoms with Crippen molar-refractivity contribution in [2.24, 2.45) is 0 Å². The molecule has 2 unspecified atom stereocenters. The summed E-state index contributed by atoms with van der Waals surface area (Å²) in [5.41, 5.74) is 0.342. The molecule has 0 fully saturated rings. The van der Waals surface area contributed by atoms with Crippen molar-refractivity contribution >= 4 is 40.1 Å². The van der Waals surface area contributed by atoms with Crippen LogP contribution in [0.5, 0.6) is 0 Å². The number of carbonyl (C=O) groups excluding carboxylic acids is 1. The maximum absolute atomic E-state index is 11.7. The molecule has 6 nitrogen and oxygen atoms in total. The number of halogens is 1. The van der Waals surface area contributed by atoms with Crippen LogP contribution < -0.4 is 10.6 Å². The second-order valence-corrected chi connectivity index (χ2v) is 6.13. The second-order valence-electron chi connectivity index (χ2n) is 4.24. The quantitative estimate of drug-likeness (QED) is 0.773. The minimum absolute atomic E-state index is 0.0377. The molecule has 0 heterocycles. The average Bonchev–Trinajstić information content (AvgIpc) is 2.30. The first-order valence-electron chi connectivity index (χ1n) is 5.70. The Balaban J connectivity index is 2.67. The van der Waals surface area contributed by atoms with E-state index in [1.54, 1.807) is 13.2 Å². The van der Waals surface area contributed by atoms with Gasteiger partial charge in [-0.2, -0.15) is 0 Å². The molecule has 110 valence electrons. The van der Waals surface area contributed by atoms with E-state index in [0.29, 0.717) is 11.4 Å². The first-order valence-corrected chi connectivity index (χ1v) is 7.80. The summed E-state index contributed by atoms with van der Waals surface area (Å²) in [6.07, 6.45) is 1.55. The number of anilines is 1. The first kappa shape index (κ1) is 16.5. The number of hydrogen-bond donors (Lipinski definition) is 3. The van der Waals surface area contributed by atoms with E-state index in [0.717, 1.165) is 0 Å². The Labute approximate surface area is 124 Å². The van der Waals surface area contributed by atoms with Crippen LogP contribution in [0.3, 0.4) is 0 Å². The Bertz CT molecular complexity index is 550. The Hall–Kier alpha value is -1.60. The third kappa shape index (κ3) is 5.18. The van der Waals surface area contributed by atoms with Crippen molar-refractivity contribution in [3.8, 4) is 0 Å². The zero-order valence-electron chi connectivity index (χ0n) is 11.0. The molecule has 0 saturated heterocycles. The van der Waals surface area contributed by atoms with E-state index in [2.05, 4.69) is 10.6 Å². The Kier molecular flexibility index (Phi) is 5.97. The SMILES string of the molecule is CC(CS(C)=O)NC(=O)Nc1ccc(C(=O)O)cc1Cl.